The Labute approximate surface area is 83.7 Å². The summed E-state index contributed by atoms with van der Waals surface area (Å²) in [5.41, 5.74) is 0. The largest absolute Gasteiger partial charge is 0.229 e. The molecule has 2 atom stereocenters. The van der Waals surface area contributed by atoms with E-state index in [-0.39, 0.29) is 9.75 Å². The van der Waals surface area contributed by atoms with Crippen molar-refractivity contribution in [3.63, 3.8) is 0 Å². The third kappa shape index (κ3) is 1.92. The monoisotopic (exact) mass is 236 g/mol. The molecule has 0 aromatic rings. The maximum atomic E-state index is 11.8. The van der Waals surface area contributed by atoms with Crippen LogP contribution in [0.15, 0.2) is 0 Å². The van der Waals surface area contributed by atoms with Crippen molar-refractivity contribution in [2.75, 3.05) is 0 Å². The molecule has 1 rings (SSSR count). The van der Waals surface area contributed by atoms with Crippen LogP contribution in [0.5, 0.6) is 0 Å². The van der Waals surface area contributed by atoms with Gasteiger partial charge in [-0.25, -0.2) is 8.42 Å². The molecule has 1 aliphatic rings. The lowest BCUT2D eigenvalue weighted by molar-refractivity contribution is 0.613. The number of sulfone groups is 1. The molecule has 2 nitrogen and oxygen atoms in total. The zero-order valence-corrected chi connectivity index (χ0v) is 12.2. The fourth-order valence-corrected chi connectivity index (χ4v) is 20.1. The van der Waals surface area contributed by atoms with Gasteiger partial charge in [-0.05, 0) is 0 Å². The molecular weight excluding hydrogens is 216 g/mol. The van der Waals surface area contributed by atoms with Gasteiger partial charge >= 0.3 is 0 Å². The third-order valence-electron chi connectivity index (χ3n) is 2.61. The summed E-state index contributed by atoms with van der Waals surface area (Å²) in [4.78, 5) is 0.123. The van der Waals surface area contributed by atoms with E-state index in [1.165, 1.54) is 0 Å². The lowest BCUT2D eigenvalue weighted by atomic mass is 10.9. The van der Waals surface area contributed by atoms with Gasteiger partial charge in [0.05, 0.1) is 25.9 Å². The van der Waals surface area contributed by atoms with Crippen molar-refractivity contribution < 1.29 is 8.42 Å². The molecule has 78 valence electrons. The van der Waals surface area contributed by atoms with E-state index in [4.69, 9.17) is 0 Å². The minimum Gasteiger partial charge on any atom is -0.229 e. The molecule has 0 radical (unpaired) electrons. The van der Waals surface area contributed by atoms with Crippen molar-refractivity contribution in [1.82, 2.24) is 0 Å². The van der Waals surface area contributed by atoms with Gasteiger partial charge in [-0.1, -0.05) is 39.3 Å². The second-order valence-corrected chi connectivity index (χ2v) is 19.9. The molecule has 0 unspecified atom stereocenters. The molecule has 0 aromatic heterocycles. The molecule has 1 fully saturated rings. The molecule has 13 heavy (non-hydrogen) atoms. The van der Waals surface area contributed by atoms with Gasteiger partial charge in [0.15, 0.2) is 9.84 Å². The average molecular weight is 236 g/mol. The Balaban J connectivity index is 2.99. The topological polar surface area (TPSA) is 34.1 Å². The highest BCUT2D eigenvalue weighted by molar-refractivity contribution is 8.04. The number of hydrogen-bond donors (Lipinski definition) is 0. The third-order valence-corrected chi connectivity index (χ3v) is 15.4. The van der Waals surface area contributed by atoms with Crippen molar-refractivity contribution in [2.24, 2.45) is 0 Å². The Morgan fingerprint density at radius 2 is 1.00 bits per heavy atom. The van der Waals surface area contributed by atoms with Crippen LogP contribution in [0.2, 0.25) is 39.3 Å². The summed E-state index contributed by atoms with van der Waals surface area (Å²) in [5.74, 6) is 0. The van der Waals surface area contributed by atoms with E-state index in [1.54, 1.807) is 0 Å². The number of rotatable bonds is 2. The predicted octanol–water partition coefficient (Wildman–Crippen LogP) is 1.91. The van der Waals surface area contributed by atoms with Gasteiger partial charge in [-0.2, -0.15) is 0 Å². The van der Waals surface area contributed by atoms with Crippen molar-refractivity contribution in [2.45, 2.75) is 49.0 Å². The summed E-state index contributed by atoms with van der Waals surface area (Å²) in [6, 6.07) is 0. The second kappa shape index (κ2) is 2.70. The normalized spacial score (nSPS) is 33.1. The quantitative estimate of drug-likeness (QED) is 0.542. The van der Waals surface area contributed by atoms with Gasteiger partial charge in [-0.3, -0.25) is 0 Å². The summed E-state index contributed by atoms with van der Waals surface area (Å²) < 4.78 is 23.5. The van der Waals surface area contributed by atoms with Crippen LogP contribution < -0.4 is 0 Å². The highest BCUT2D eigenvalue weighted by Gasteiger charge is 2.67. The van der Waals surface area contributed by atoms with Crippen LogP contribution in [0.25, 0.3) is 0 Å². The molecule has 0 aliphatic carbocycles. The first-order chi connectivity index (χ1) is 5.49. The minimum absolute atomic E-state index is 0.0617. The van der Waals surface area contributed by atoms with Crippen LogP contribution in [0.4, 0.5) is 0 Å². The van der Waals surface area contributed by atoms with Gasteiger partial charge < -0.3 is 0 Å². The Hall–Kier alpha value is 0.384. The maximum absolute atomic E-state index is 11.8. The molecule has 0 amide bonds. The van der Waals surface area contributed by atoms with Crippen molar-refractivity contribution >= 4 is 26.0 Å². The molecule has 0 spiro atoms. The van der Waals surface area contributed by atoms with Crippen molar-refractivity contribution in [3.05, 3.63) is 0 Å². The van der Waals surface area contributed by atoms with Crippen LogP contribution in [0.3, 0.4) is 0 Å². The van der Waals surface area contributed by atoms with E-state index < -0.39 is 26.0 Å². The van der Waals surface area contributed by atoms with E-state index >= 15 is 0 Å². The number of hydrogen-bond acceptors (Lipinski definition) is 2. The fraction of sp³-hybridized carbons (Fsp3) is 1.00. The zero-order chi connectivity index (χ0) is 10.7. The Morgan fingerprint density at radius 1 is 0.769 bits per heavy atom. The molecule has 5 heteroatoms. The van der Waals surface area contributed by atoms with Crippen LogP contribution in [-0.2, 0) is 9.84 Å². The van der Waals surface area contributed by atoms with Gasteiger partial charge in [0.2, 0.25) is 0 Å². The summed E-state index contributed by atoms with van der Waals surface area (Å²) in [5, 5.41) is 0. The smallest absolute Gasteiger partial charge is 0.152 e. The standard InChI is InChI=1S/C8H20O2SSi2/c1-12(2,3)7-8(11(7,9)10)13(4,5)6/h7-8H,1-6H3/t7-,8-/m0/s1. The van der Waals surface area contributed by atoms with E-state index in [9.17, 15) is 8.42 Å². The summed E-state index contributed by atoms with van der Waals surface area (Å²) >= 11 is 0. The first kappa shape index (κ1) is 11.5. The molecule has 1 aliphatic heterocycles. The van der Waals surface area contributed by atoms with Crippen LogP contribution in [0, 0.1) is 0 Å². The Bertz CT molecular complexity index is 282. The highest BCUT2D eigenvalue weighted by atomic mass is 32.2. The van der Waals surface area contributed by atoms with E-state index in [2.05, 4.69) is 39.3 Å². The van der Waals surface area contributed by atoms with Gasteiger partial charge in [-0.15, -0.1) is 0 Å². The molecule has 0 N–H and O–H groups in total. The van der Waals surface area contributed by atoms with E-state index in [0.29, 0.717) is 0 Å². The first-order valence-electron chi connectivity index (χ1n) is 4.72. The Kier molecular flexibility index (Phi) is 2.38. The Morgan fingerprint density at radius 3 is 1.08 bits per heavy atom. The minimum atomic E-state index is -2.69. The molecular formula is C8H20O2SSi2. The zero-order valence-electron chi connectivity index (χ0n) is 9.38. The molecule has 0 saturated carbocycles. The van der Waals surface area contributed by atoms with Crippen LogP contribution in [0.1, 0.15) is 0 Å². The molecule has 0 bridgehead atoms. The summed E-state index contributed by atoms with van der Waals surface area (Å²) in [6.45, 7) is 13.0. The SMILES string of the molecule is C[Si](C)(C)[C@H]1[C@H]([Si](C)(C)C)S1(=O)=O. The lowest BCUT2D eigenvalue weighted by Crippen LogP contribution is -2.38. The van der Waals surface area contributed by atoms with Crippen LogP contribution >= 0.6 is 0 Å². The molecule has 1 heterocycles. The van der Waals surface area contributed by atoms with Crippen molar-refractivity contribution in [1.29, 1.82) is 0 Å². The van der Waals surface area contributed by atoms with E-state index in [0.717, 1.165) is 0 Å². The van der Waals surface area contributed by atoms with E-state index in [1.807, 2.05) is 0 Å². The van der Waals surface area contributed by atoms with Gasteiger partial charge in [0, 0.05) is 0 Å². The maximum Gasteiger partial charge on any atom is 0.152 e. The fourth-order valence-electron chi connectivity index (χ4n) is 2.16. The van der Waals surface area contributed by atoms with Gasteiger partial charge in [0.25, 0.3) is 0 Å². The summed E-state index contributed by atoms with van der Waals surface area (Å²) in [7, 11) is -5.66. The predicted molar refractivity (Wildman–Crippen MR) is 63.2 cm³/mol. The highest BCUT2D eigenvalue weighted by Crippen LogP contribution is 2.44. The second-order valence-electron chi connectivity index (χ2n) is 6.16. The molecule has 1 saturated heterocycles. The van der Waals surface area contributed by atoms with Gasteiger partial charge in [0.1, 0.15) is 0 Å². The summed E-state index contributed by atoms with van der Waals surface area (Å²) in [6.07, 6.45) is 0. The first-order valence-corrected chi connectivity index (χ1v) is 13.5. The molecule has 0 aromatic carbocycles. The average Bonchev–Trinajstić information content (AvgIpc) is 2.29. The van der Waals surface area contributed by atoms with Crippen LogP contribution in [-0.4, -0.2) is 34.3 Å². The lowest BCUT2D eigenvalue weighted by Gasteiger charge is -2.17. The van der Waals surface area contributed by atoms with Crippen molar-refractivity contribution in [3.8, 4) is 0 Å².